The van der Waals surface area contributed by atoms with Crippen molar-refractivity contribution in [2.75, 3.05) is 6.61 Å². The molecule has 5 nitrogen and oxygen atoms in total. The van der Waals surface area contributed by atoms with Crippen LogP contribution >= 0.6 is 0 Å². The fourth-order valence-electron chi connectivity index (χ4n) is 1.90. The number of carboxylic acid groups (broad SMARTS) is 1. The highest BCUT2D eigenvalue weighted by atomic mass is 16.5. The average Bonchev–Trinajstić information content (AvgIpc) is 2.58. The third kappa shape index (κ3) is 3.43. The molecule has 5 heteroatoms. The molecule has 1 heterocycles. The summed E-state index contributed by atoms with van der Waals surface area (Å²) in [5, 5.41) is 11.7. The number of aliphatic carboxylic acids is 1. The van der Waals surface area contributed by atoms with Gasteiger partial charge in [-0.25, -0.2) is 4.79 Å². The Hall–Kier alpha value is -1.10. The summed E-state index contributed by atoms with van der Waals surface area (Å²) < 4.78 is 5.32. The Morgan fingerprint density at radius 1 is 1.41 bits per heavy atom. The van der Waals surface area contributed by atoms with Gasteiger partial charge in [-0.1, -0.05) is 27.7 Å². The van der Waals surface area contributed by atoms with Crippen molar-refractivity contribution in [1.82, 2.24) is 5.32 Å². The van der Waals surface area contributed by atoms with Gasteiger partial charge in [-0.3, -0.25) is 4.79 Å². The second-order valence-corrected chi connectivity index (χ2v) is 5.70. The number of ether oxygens (including phenoxy) is 1. The first-order valence-electron chi connectivity index (χ1n) is 5.88. The van der Waals surface area contributed by atoms with Gasteiger partial charge in [0.2, 0.25) is 5.91 Å². The Morgan fingerprint density at radius 2 is 2.00 bits per heavy atom. The number of carboxylic acids is 1. The first-order valence-corrected chi connectivity index (χ1v) is 5.88. The third-order valence-corrected chi connectivity index (χ3v) is 3.05. The summed E-state index contributed by atoms with van der Waals surface area (Å²) in [4.78, 5) is 23.0. The molecular formula is C12H21NO4. The minimum atomic E-state index is -1.02. The highest BCUT2D eigenvalue weighted by Crippen LogP contribution is 2.23. The van der Waals surface area contributed by atoms with Crippen LogP contribution in [-0.2, 0) is 14.3 Å². The fraction of sp³-hybridized carbons (Fsp3) is 0.833. The molecule has 0 aromatic carbocycles. The zero-order chi connectivity index (χ0) is 13.2. The van der Waals surface area contributed by atoms with E-state index in [1.807, 2.05) is 6.92 Å². The van der Waals surface area contributed by atoms with Gasteiger partial charge in [-0.05, 0) is 17.8 Å². The molecule has 0 radical (unpaired) electrons. The molecule has 98 valence electrons. The standard InChI is InChI=1S/C12H21NO4/c1-7-5-6-17-8(7)10(14)13-9(11(15)16)12(2,3)4/h7-9H,5-6H2,1-4H3,(H,13,14)(H,15,16). The molecule has 0 aromatic heterocycles. The first-order chi connectivity index (χ1) is 7.73. The van der Waals surface area contributed by atoms with Crippen LogP contribution in [0.1, 0.15) is 34.1 Å². The van der Waals surface area contributed by atoms with Gasteiger partial charge in [0.25, 0.3) is 0 Å². The van der Waals surface area contributed by atoms with E-state index < -0.39 is 23.5 Å². The maximum Gasteiger partial charge on any atom is 0.326 e. The van der Waals surface area contributed by atoms with Crippen LogP contribution < -0.4 is 5.32 Å². The maximum atomic E-state index is 11.9. The van der Waals surface area contributed by atoms with Gasteiger partial charge >= 0.3 is 5.97 Å². The molecule has 1 aliphatic heterocycles. The van der Waals surface area contributed by atoms with Crippen molar-refractivity contribution in [3.63, 3.8) is 0 Å². The predicted molar refractivity (Wildman–Crippen MR) is 62.5 cm³/mol. The lowest BCUT2D eigenvalue weighted by Crippen LogP contribution is -2.52. The first kappa shape index (κ1) is 14.0. The van der Waals surface area contributed by atoms with E-state index in [1.165, 1.54) is 0 Å². The summed E-state index contributed by atoms with van der Waals surface area (Å²) in [6.45, 7) is 7.84. The van der Waals surface area contributed by atoms with Crippen molar-refractivity contribution in [3.05, 3.63) is 0 Å². The van der Waals surface area contributed by atoms with Gasteiger partial charge in [0.05, 0.1) is 0 Å². The molecule has 0 bridgehead atoms. The molecule has 1 amide bonds. The summed E-state index contributed by atoms with van der Waals surface area (Å²) in [6.07, 6.45) is 0.324. The molecule has 1 rings (SSSR count). The second kappa shape index (κ2) is 5.04. The molecule has 1 saturated heterocycles. The summed E-state index contributed by atoms with van der Waals surface area (Å²) in [6, 6.07) is -0.897. The van der Waals surface area contributed by atoms with E-state index in [0.29, 0.717) is 6.61 Å². The van der Waals surface area contributed by atoms with Crippen LogP contribution in [0.15, 0.2) is 0 Å². The zero-order valence-electron chi connectivity index (χ0n) is 10.8. The smallest absolute Gasteiger partial charge is 0.326 e. The van der Waals surface area contributed by atoms with Crippen LogP contribution in [0.25, 0.3) is 0 Å². The number of carbonyl (C=O) groups is 2. The molecular weight excluding hydrogens is 222 g/mol. The number of hydrogen-bond acceptors (Lipinski definition) is 3. The van der Waals surface area contributed by atoms with Crippen molar-refractivity contribution in [2.24, 2.45) is 11.3 Å². The van der Waals surface area contributed by atoms with Crippen LogP contribution in [-0.4, -0.2) is 35.7 Å². The van der Waals surface area contributed by atoms with Gasteiger partial charge in [-0.15, -0.1) is 0 Å². The summed E-state index contributed by atoms with van der Waals surface area (Å²) >= 11 is 0. The van der Waals surface area contributed by atoms with Gasteiger partial charge in [0, 0.05) is 6.61 Å². The Kier molecular flexibility index (Phi) is 4.14. The number of hydrogen-bond donors (Lipinski definition) is 2. The van der Waals surface area contributed by atoms with Crippen molar-refractivity contribution in [2.45, 2.75) is 46.3 Å². The Morgan fingerprint density at radius 3 is 2.35 bits per heavy atom. The van der Waals surface area contributed by atoms with Gasteiger partial charge in [0.15, 0.2) is 0 Å². The summed E-state index contributed by atoms with van der Waals surface area (Å²) in [7, 11) is 0. The average molecular weight is 243 g/mol. The van der Waals surface area contributed by atoms with Crippen molar-refractivity contribution >= 4 is 11.9 Å². The van der Waals surface area contributed by atoms with E-state index >= 15 is 0 Å². The molecule has 17 heavy (non-hydrogen) atoms. The zero-order valence-corrected chi connectivity index (χ0v) is 10.8. The molecule has 3 unspecified atom stereocenters. The van der Waals surface area contributed by atoms with Crippen molar-refractivity contribution in [3.8, 4) is 0 Å². The minimum absolute atomic E-state index is 0.143. The normalized spacial score (nSPS) is 26.6. The van der Waals surface area contributed by atoms with Gasteiger partial charge < -0.3 is 15.2 Å². The highest BCUT2D eigenvalue weighted by Gasteiger charge is 2.37. The maximum absolute atomic E-state index is 11.9. The SMILES string of the molecule is CC1CCOC1C(=O)NC(C(=O)O)C(C)(C)C. The van der Waals surface area contributed by atoms with E-state index in [4.69, 9.17) is 9.84 Å². The molecule has 2 N–H and O–H groups in total. The van der Waals surface area contributed by atoms with E-state index in [1.54, 1.807) is 20.8 Å². The predicted octanol–water partition coefficient (Wildman–Crippen LogP) is 1.03. The summed E-state index contributed by atoms with van der Waals surface area (Å²) in [5.74, 6) is -1.20. The van der Waals surface area contributed by atoms with Crippen LogP contribution in [0.3, 0.4) is 0 Å². The number of amides is 1. The Bertz CT molecular complexity index is 308. The fourth-order valence-corrected chi connectivity index (χ4v) is 1.90. The molecule has 1 fully saturated rings. The highest BCUT2D eigenvalue weighted by molar-refractivity contribution is 5.87. The third-order valence-electron chi connectivity index (χ3n) is 3.05. The van der Waals surface area contributed by atoms with Crippen LogP contribution in [0, 0.1) is 11.3 Å². The molecule has 0 saturated carbocycles. The summed E-state index contributed by atoms with van der Waals surface area (Å²) in [5.41, 5.74) is -0.524. The largest absolute Gasteiger partial charge is 0.480 e. The van der Waals surface area contributed by atoms with Crippen molar-refractivity contribution < 1.29 is 19.4 Å². The monoisotopic (exact) mass is 243 g/mol. The van der Waals surface area contributed by atoms with E-state index in [0.717, 1.165) is 6.42 Å². The lowest BCUT2D eigenvalue weighted by molar-refractivity contribution is -0.147. The lowest BCUT2D eigenvalue weighted by Gasteiger charge is -2.29. The second-order valence-electron chi connectivity index (χ2n) is 5.70. The van der Waals surface area contributed by atoms with Crippen molar-refractivity contribution in [1.29, 1.82) is 0 Å². The molecule has 0 spiro atoms. The molecule has 0 aliphatic carbocycles. The van der Waals surface area contributed by atoms with Gasteiger partial charge in [-0.2, -0.15) is 0 Å². The molecule has 0 aromatic rings. The van der Waals surface area contributed by atoms with E-state index in [2.05, 4.69) is 5.32 Å². The van der Waals surface area contributed by atoms with Crippen LogP contribution in [0.5, 0.6) is 0 Å². The van der Waals surface area contributed by atoms with Crippen LogP contribution in [0.4, 0.5) is 0 Å². The quantitative estimate of drug-likeness (QED) is 0.776. The Labute approximate surface area is 102 Å². The molecule has 1 aliphatic rings. The topological polar surface area (TPSA) is 75.6 Å². The number of carbonyl (C=O) groups excluding carboxylic acids is 1. The van der Waals surface area contributed by atoms with Crippen LogP contribution in [0.2, 0.25) is 0 Å². The van der Waals surface area contributed by atoms with E-state index in [9.17, 15) is 9.59 Å². The van der Waals surface area contributed by atoms with E-state index in [-0.39, 0.29) is 11.8 Å². The Balaban J connectivity index is 2.68. The molecule has 3 atom stereocenters. The van der Waals surface area contributed by atoms with Gasteiger partial charge in [0.1, 0.15) is 12.1 Å². The number of rotatable bonds is 3. The minimum Gasteiger partial charge on any atom is -0.480 e. The lowest BCUT2D eigenvalue weighted by atomic mass is 9.86. The number of nitrogens with one attached hydrogen (secondary N) is 1.